The van der Waals surface area contributed by atoms with Crippen molar-refractivity contribution in [1.29, 1.82) is 0 Å². The Kier molecular flexibility index (Phi) is 5.56. The molecule has 2 aromatic rings. The van der Waals surface area contributed by atoms with E-state index in [1.807, 2.05) is 0 Å². The van der Waals surface area contributed by atoms with E-state index in [0.29, 0.717) is 28.4 Å². The molecule has 192 valence electrons. The lowest BCUT2D eigenvalue weighted by molar-refractivity contribution is -0.223. The molecule has 0 radical (unpaired) electrons. The predicted molar refractivity (Wildman–Crippen MR) is 129 cm³/mol. The lowest BCUT2D eigenvalue weighted by Crippen LogP contribution is -2.86. The van der Waals surface area contributed by atoms with E-state index in [1.54, 1.807) is 70.5 Å². The topological polar surface area (TPSA) is 107 Å². The maximum Gasteiger partial charge on any atom is 0.267 e. The van der Waals surface area contributed by atoms with Crippen LogP contribution in [0.3, 0.4) is 0 Å². The van der Waals surface area contributed by atoms with Gasteiger partial charge in [0.15, 0.2) is 5.79 Å². The number of fused-ring (bicyclic) bond motifs is 1. The smallest absolute Gasteiger partial charge is 0.267 e. The lowest BCUT2D eigenvalue weighted by Gasteiger charge is -2.59. The van der Waals surface area contributed by atoms with Gasteiger partial charge in [0.2, 0.25) is 11.2 Å². The lowest BCUT2D eigenvalue weighted by atomic mass is 9.64. The molecule has 0 bridgehead atoms. The standard InChI is InChI=1S/C26H30N2O8/c1-24(2)35-14-19(36-24)21-25(31,22(29)28(21)15-10-12-16(32-4)13-11-15)26(34-6)17-8-7-9-18(33-5)20(17)27(3)23(26)30/h7-13,19,21,31H,14H2,1-6H3/t19-,21+,25-,26-/m1/s1. The fourth-order valence-electron chi connectivity index (χ4n) is 5.73. The second-order valence-electron chi connectivity index (χ2n) is 9.56. The highest BCUT2D eigenvalue weighted by molar-refractivity contribution is 6.18. The van der Waals surface area contributed by atoms with E-state index in [9.17, 15) is 14.7 Å². The number of rotatable bonds is 6. The minimum absolute atomic E-state index is 0.106. The molecule has 4 atom stereocenters. The van der Waals surface area contributed by atoms with Crippen molar-refractivity contribution < 1.29 is 38.4 Å². The van der Waals surface area contributed by atoms with E-state index >= 15 is 0 Å². The summed E-state index contributed by atoms with van der Waals surface area (Å²) in [6.45, 7) is 3.62. The zero-order valence-corrected chi connectivity index (χ0v) is 21.1. The quantitative estimate of drug-likeness (QED) is 0.602. The first-order chi connectivity index (χ1) is 17.1. The molecule has 3 aliphatic heterocycles. The molecule has 0 unspecified atom stereocenters. The minimum Gasteiger partial charge on any atom is -0.497 e. The largest absolute Gasteiger partial charge is 0.497 e. The number of carbonyl (C=O) groups excluding carboxylic acids is 2. The molecule has 2 fully saturated rings. The molecule has 0 aliphatic carbocycles. The number of hydrogen-bond acceptors (Lipinski definition) is 8. The number of β-lactam (4-membered cyclic amide) rings is 1. The maximum absolute atomic E-state index is 14.0. The van der Waals surface area contributed by atoms with Crippen LogP contribution >= 0.6 is 0 Å². The van der Waals surface area contributed by atoms with Gasteiger partial charge in [-0.25, -0.2) is 0 Å². The van der Waals surface area contributed by atoms with Crippen LogP contribution in [0.5, 0.6) is 11.5 Å². The van der Waals surface area contributed by atoms with Gasteiger partial charge >= 0.3 is 0 Å². The molecule has 3 aliphatic rings. The summed E-state index contributed by atoms with van der Waals surface area (Å²) < 4.78 is 28.5. The number of carbonyl (C=O) groups is 2. The van der Waals surface area contributed by atoms with Crippen LogP contribution in [0, 0.1) is 0 Å². The number of benzene rings is 2. The first-order valence-electron chi connectivity index (χ1n) is 11.6. The number of amides is 2. The summed E-state index contributed by atoms with van der Waals surface area (Å²) in [7, 11) is 5.91. The van der Waals surface area contributed by atoms with Gasteiger partial charge in [-0.1, -0.05) is 12.1 Å². The Morgan fingerprint density at radius 3 is 2.25 bits per heavy atom. The van der Waals surface area contributed by atoms with Crippen molar-refractivity contribution >= 4 is 23.2 Å². The van der Waals surface area contributed by atoms with Gasteiger partial charge in [0.05, 0.1) is 26.5 Å². The molecule has 1 N–H and O–H groups in total. The maximum atomic E-state index is 14.0. The highest BCUT2D eigenvalue weighted by Crippen LogP contribution is 2.58. The monoisotopic (exact) mass is 498 g/mol. The van der Waals surface area contributed by atoms with Crippen LogP contribution in [0.15, 0.2) is 42.5 Å². The summed E-state index contributed by atoms with van der Waals surface area (Å²) in [6.07, 6.45) is -0.746. The summed E-state index contributed by atoms with van der Waals surface area (Å²) in [5, 5.41) is 12.4. The second kappa shape index (κ2) is 8.17. The number of aliphatic hydroxyl groups is 1. The number of nitrogens with zero attached hydrogens (tertiary/aromatic N) is 2. The van der Waals surface area contributed by atoms with E-state index in [0.717, 1.165) is 0 Å². The van der Waals surface area contributed by atoms with Crippen molar-refractivity contribution in [2.24, 2.45) is 0 Å². The van der Waals surface area contributed by atoms with Gasteiger partial charge in [-0.2, -0.15) is 0 Å². The molecule has 0 saturated carbocycles. The molecule has 36 heavy (non-hydrogen) atoms. The summed E-state index contributed by atoms with van der Waals surface area (Å²) in [6, 6.07) is 10.9. The summed E-state index contributed by atoms with van der Waals surface area (Å²) in [5.41, 5.74) is -3.06. The van der Waals surface area contributed by atoms with Gasteiger partial charge in [-0.05, 0) is 44.2 Å². The van der Waals surface area contributed by atoms with Gasteiger partial charge in [-0.15, -0.1) is 0 Å². The Hall–Kier alpha value is -3.18. The summed E-state index contributed by atoms with van der Waals surface area (Å²) >= 11 is 0. The summed E-state index contributed by atoms with van der Waals surface area (Å²) in [4.78, 5) is 30.7. The Morgan fingerprint density at radius 1 is 1.00 bits per heavy atom. The zero-order chi connectivity index (χ0) is 26.0. The van der Waals surface area contributed by atoms with Crippen LogP contribution in [0.25, 0.3) is 0 Å². The first-order valence-corrected chi connectivity index (χ1v) is 11.6. The highest BCUT2D eigenvalue weighted by atomic mass is 16.7. The van der Waals surface area contributed by atoms with E-state index in [-0.39, 0.29) is 6.61 Å². The van der Waals surface area contributed by atoms with Gasteiger partial charge in [0.25, 0.3) is 11.8 Å². The molecule has 10 nitrogen and oxygen atoms in total. The Bertz CT molecular complexity index is 1210. The van der Waals surface area contributed by atoms with Crippen LogP contribution < -0.4 is 19.3 Å². The number of likely N-dealkylation sites (N-methyl/N-ethyl adjacent to an activating group) is 1. The third-order valence-corrected chi connectivity index (χ3v) is 7.37. The molecule has 0 aromatic heterocycles. The van der Waals surface area contributed by atoms with Crippen molar-refractivity contribution in [2.45, 2.75) is 43.0 Å². The van der Waals surface area contributed by atoms with Crippen molar-refractivity contribution in [1.82, 2.24) is 0 Å². The molecule has 2 aromatic carbocycles. The number of methoxy groups -OCH3 is 3. The van der Waals surface area contributed by atoms with E-state index in [1.165, 1.54) is 24.0 Å². The van der Waals surface area contributed by atoms with Crippen molar-refractivity contribution in [3.05, 3.63) is 48.0 Å². The average molecular weight is 499 g/mol. The number of para-hydroxylation sites is 1. The molecule has 10 heteroatoms. The number of ether oxygens (including phenoxy) is 5. The predicted octanol–water partition coefficient (Wildman–Crippen LogP) is 1.82. The third kappa shape index (κ3) is 2.98. The molecule has 2 saturated heterocycles. The van der Waals surface area contributed by atoms with Crippen LogP contribution in [-0.2, 0) is 29.4 Å². The Balaban J connectivity index is 1.69. The molecular formula is C26H30N2O8. The molecule has 5 rings (SSSR count). The molecule has 2 amide bonds. The fourth-order valence-corrected chi connectivity index (χ4v) is 5.73. The molecule has 0 spiro atoms. The Labute approximate surface area is 209 Å². The van der Waals surface area contributed by atoms with Crippen molar-refractivity contribution in [3.8, 4) is 11.5 Å². The second-order valence-corrected chi connectivity index (χ2v) is 9.56. The van der Waals surface area contributed by atoms with Crippen molar-refractivity contribution in [3.63, 3.8) is 0 Å². The SMILES string of the molecule is COc1ccc(N2C(=O)[C@@](O)([C@]3(OC)C(=O)N(C)c4c(OC)cccc43)[C@@H]2[C@H]2COC(C)(C)O2)cc1. The van der Waals surface area contributed by atoms with Gasteiger partial charge in [0, 0.05) is 25.4 Å². The van der Waals surface area contributed by atoms with Crippen LogP contribution in [0.4, 0.5) is 11.4 Å². The Morgan fingerprint density at radius 2 is 1.69 bits per heavy atom. The number of hydrogen-bond donors (Lipinski definition) is 1. The van der Waals surface area contributed by atoms with Crippen LogP contribution in [0.1, 0.15) is 19.4 Å². The third-order valence-electron chi connectivity index (χ3n) is 7.37. The molecular weight excluding hydrogens is 468 g/mol. The van der Waals surface area contributed by atoms with Gasteiger partial charge in [0.1, 0.15) is 23.6 Å². The van der Waals surface area contributed by atoms with Crippen LogP contribution in [0.2, 0.25) is 0 Å². The van der Waals surface area contributed by atoms with Crippen molar-refractivity contribution in [2.75, 3.05) is 44.8 Å². The molecule has 3 heterocycles. The minimum atomic E-state index is -2.31. The number of anilines is 2. The highest BCUT2D eigenvalue weighted by Gasteiger charge is 2.79. The normalized spacial score (nSPS) is 30.9. The van der Waals surface area contributed by atoms with Gasteiger partial charge < -0.3 is 38.6 Å². The zero-order valence-electron chi connectivity index (χ0n) is 21.1. The van der Waals surface area contributed by atoms with Crippen LogP contribution in [-0.4, -0.2) is 75.4 Å². The van der Waals surface area contributed by atoms with E-state index < -0.39 is 40.9 Å². The average Bonchev–Trinajstić information content (AvgIpc) is 3.35. The van der Waals surface area contributed by atoms with E-state index in [2.05, 4.69) is 0 Å². The first kappa shape index (κ1) is 24.5. The van der Waals surface area contributed by atoms with Gasteiger partial charge in [-0.3, -0.25) is 9.59 Å². The van der Waals surface area contributed by atoms with E-state index in [4.69, 9.17) is 23.7 Å². The summed E-state index contributed by atoms with van der Waals surface area (Å²) in [5.74, 6) is -1.18. The fraction of sp³-hybridized carbons (Fsp3) is 0.462.